The van der Waals surface area contributed by atoms with Gasteiger partial charge in [-0.25, -0.2) is 4.98 Å². The number of aromatic amines is 1. The lowest BCUT2D eigenvalue weighted by molar-refractivity contribution is 0.107. The van der Waals surface area contributed by atoms with Crippen LogP contribution in [0.4, 0.5) is 0 Å². The topological polar surface area (TPSA) is 63.9 Å². The highest BCUT2D eigenvalue weighted by Gasteiger charge is 2.05. The first-order chi connectivity index (χ1) is 8.34. The highest BCUT2D eigenvalue weighted by molar-refractivity contribution is 5.13. The Morgan fingerprint density at radius 2 is 2.12 bits per heavy atom. The summed E-state index contributed by atoms with van der Waals surface area (Å²) in [6.07, 6.45) is 4.21. The molecular weight excluding hydrogens is 214 g/mol. The molecular formula is C13H17N3O. The van der Waals surface area contributed by atoms with Crippen LogP contribution in [0.15, 0.2) is 42.9 Å². The average Bonchev–Trinajstić information content (AvgIpc) is 2.83. The van der Waals surface area contributed by atoms with E-state index < -0.39 is 0 Å². The van der Waals surface area contributed by atoms with E-state index in [0.717, 1.165) is 12.1 Å². The third-order valence-electron chi connectivity index (χ3n) is 2.48. The van der Waals surface area contributed by atoms with Crippen LogP contribution >= 0.6 is 0 Å². The first-order valence-corrected chi connectivity index (χ1v) is 5.69. The fourth-order valence-electron chi connectivity index (χ4n) is 1.64. The molecule has 3 N–H and O–H groups in total. The van der Waals surface area contributed by atoms with Crippen molar-refractivity contribution in [1.82, 2.24) is 9.97 Å². The van der Waals surface area contributed by atoms with Gasteiger partial charge in [-0.1, -0.05) is 30.3 Å². The molecule has 0 radical (unpaired) electrons. The average molecular weight is 231 g/mol. The van der Waals surface area contributed by atoms with Crippen LogP contribution in [0.25, 0.3) is 0 Å². The van der Waals surface area contributed by atoms with Gasteiger partial charge in [0.1, 0.15) is 0 Å². The number of nitrogens with two attached hydrogens (primary N) is 1. The van der Waals surface area contributed by atoms with Crippen LogP contribution in [0.3, 0.4) is 0 Å². The number of hydrogen-bond acceptors (Lipinski definition) is 3. The SMILES string of the molecule is N[C@H](COCc1ccccc1)Cc1cnc[nH]1. The lowest BCUT2D eigenvalue weighted by atomic mass is 10.2. The van der Waals surface area contributed by atoms with E-state index in [9.17, 15) is 0 Å². The van der Waals surface area contributed by atoms with Crippen LogP contribution in [-0.2, 0) is 17.8 Å². The van der Waals surface area contributed by atoms with Crippen LogP contribution in [-0.4, -0.2) is 22.6 Å². The van der Waals surface area contributed by atoms with E-state index in [1.807, 2.05) is 30.3 Å². The Labute approximate surface area is 101 Å². The molecule has 0 amide bonds. The van der Waals surface area contributed by atoms with Crippen molar-refractivity contribution < 1.29 is 4.74 Å². The minimum absolute atomic E-state index is 0.000776. The van der Waals surface area contributed by atoms with E-state index in [0.29, 0.717) is 13.2 Å². The summed E-state index contributed by atoms with van der Waals surface area (Å²) in [5.74, 6) is 0. The van der Waals surface area contributed by atoms with Crippen molar-refractivity contribution in [2.24, 2.45) is 5.73 Å². The van der Waals surface area contributed by atoms with E-state index in [4.69, 9.17) is 10.5 Å². The summed E-state index contributed by atoms with van der Waals surface area (Å²) < 4.78 is 5.57. The van der Waals surface area contributed by atoms with Crippen molar-refractivity contribution in [3.8, 4) is 0 Å². The summed E-state index contributed by atoms with van der Waals surface area (Å²) in [4.78, 5) is 6.98. The molecule has 1 aromatic heterocycles. The summed E-state index contributed by atoms with van der Waals surface area (Å²) in [6, 6.07) is 10.1. The zero-order valence-electron chi connectivity index (χ0n) is 9.67. The monoisotopic (exact) mass is 231 g/mol. The Kier molecular flexibility index (Phi) is 4.30. The Bertz CT molecular complexity index is 413. The maximum Gasteiger partial charge on any atom is 0.0921 e. The Balaban J connectivity index is 1.68. The summed E-state index contributed by atoms with van der Waals surface area (Å²) in [5, 5.41) is 0. The minimum Gasteiger partial charge on any atom is -0.375 e. The fraction of sp³-hybridized carbons (Fsp3) is 0.308. The fourth-order valence-corrected chi connectivity index (χ4v) is 1.64. The molecule has 17 heavy (non-hydrogen) atoms. The molecule has 4 heteroatoms. The number of aromatic nitrogens is 2. The van der Waals surface area contributed by atoms with Crippen molar-refractivity contribution in [2.45, 2.75) is 19.1 Å². The van der Waals surface area contributed by atoms with E-state index in [1.54, 1.807) is 12.5 Å². The van der Waals surface area contributed by atoms with Gasteiger partial charge in [-0.3, -0.25) is 0 Å². The normalized spacial score (nSPS) is 12.5. The van der Waals surface area contributed by atoms with E-state index in [2.05, 4.69) is 9.97 Å². The summed E-state index contributed by atoms with van der Waals surface area (Å²) in [6.45, 7) is 1.16. The van der Waals surface area contributed by atoms with Gasteiger partial charge in [0, 0.05) is 24.4 Å². The molecule has 0 spiro atoms. The number of ether oxygens (including phenoxy) is 1. The second-order valence-electron chi connectivity index (χ2n) is 4.04. The molecule has 2 rings (SSSR count). The van der Waals surface area contributed by atoms with Gasteiger partial charge in [0.25, 0.3) is 0 Å². The van der Waals surface area contributed by atoms with Crippen LogP contribution in [0, 0.1) is 0 Å². The van der Waals surface area contributed by atoms with Crippen LogP contribution < -0.4 is 5.73 Å². The van der Waals surface area contributed by atoms with E-state index >= 15 is 0 Å². The minimum atomic E-state index is -0.000776. The molecule has 1 aromatic carbocycles. The van der Waals surface area contributed by atoms with Crippen molar-refractivity contribution in [3.63, 3.8) is 0 Å². The number of H-pyrrole nitrogens is 1. The maximum atomic E-state index is 5.96. The first kappa shape index (κ1) is 11.8. The number of rotatable bonds is 6. The summed E-state index contributed by atoms with van der Waals surface area (Å²) in [5.41, 5.74) is 8.17. The molecule has 0 aliphatic carbocycles. The molecule has 0 bridgehead atoms. The Hall–Kier alpha value is -1.65. The number of benzene rings is 1. The molecule has 0 unspecified atom stereocenters. The quantitative estimate of drug-likeness (QED) is 0.791. The zero-order chi connectivity index (χ0) is 11.9. The Morgan fingerprint density at radius 3 is 2.82 bits per heavy atom. The van der Waals surface area contributed by atoms with Gasteiger partial charge in [-0.2, -0.15) is 0 Å². The lowest BCUT2D eigenvalue weighted by Gasteiger charge is -2.11. The molecule has 0 saturated heterocycles. The van der Waals surface area contributed by atoms with Crippen LogP contribution in [0.2, 0.25) is 0 Å². The molecule has 90 valence electrons. The van der Waals surface area contributed by atoms with Crippen molar-refractivity contribution >= 4 is 0 Å². The zero-order valence-corrected chi connectivity index (χ0v) is 9.67. The number of nitrogens with zero attached hydrogens (tertiary/aromatic N) is 1. The lowest BCUT2D eigenvalue weighted by Crippen LogP contribution is -2.28. The van der Waals surface area contributed by atoms with Crippen LogP contribution in [0.1, 0.15) is 11.3 Å². The molecule has 1 heterocycles. The third-order valence-corrected chi connectivity index (χ3v) is 2.48. The molecule has 0 aliphatic rings. The smallest absolute Gasteiger partial charge is 0.0921 e. The van der Waals surface area contributed by atoms with E-state index in [1.165, 1.54) is 5.56 Å². The van der Waals surface area contributed by atoms with Gasteiger partial charge in [0.15, 0.2) is 0 Å². The molecule has 0 saturated carbocycles. The Morgan fingerprint density at radius 1 is 1.29 bits per heavy atom. The van der Waals surface area contributed by atoms with Gasteiger partial charge < -0.3 is 15.5 Å². The number of nitrogens with one attached hydrogen (secondary N) is 1. The van der Waals surface area contributed by atoms with Gasteiger partial charge in [-0.15, -0.1) is 0 Å². The second kappa shape index (κ2) is 6.18. The number of hydrogen-bond donors (Lipinski definition) is 2. The van der Waals surface area contributed by atoms with Crippen molar-refractivity contribution in [3.05, 3.63) is 54.1 Å². The highest BCUT2D eigenvalue weighted by Crippen LogP contribution is 2.02. The van der Waals surface area contributed by atoms with Crippen molar-refractivity contribution in [2.75, 3.05) is 6.61 Å². The van der Waals surface area contributed by atoms with E-state index in [-0.39, 0.29) is 6.04 Å². The highest BCUT2D eigenvalue weighted by atomic mass is 16.5. The van der Waals surface area contributed by atoms with Crippen molar-refractivity contribution in [1.29, 1.82) is 0 Å². The number of imidazole rings is 1. The maximum absolute atomic E-state index is 5.96. The second-order valence-corrected chi connectivity index (χ2v) is 4.04. The third kappa shape index (κ3) is 4.01. The van der Waals surface area contributed by atoms with Gasteiger partial charge in [-0.05, 0) is 5.56 Å². The van der Waals surface area contributed by atoms with Gasteiger partial charge >= 0.3 is 0 Å². The van der Waals surface area contributed by atoms with Crippen LogP contribution in [0.5, 0.6) is 0 Å². The largest absolute Gasteiger partial charge is 0.375 e. The summed E-state index contributed by atoms with van der Waals surface area (Å²) in [7, 11) is 0. The molecule has 1 atom stereocenters. The van der Waals surface area contributed by atoms with Gasteiger partial charge in [0.2, 0.25) is 0 Å². The standard InChI is InChI=1S/C13H17N3O/c14-12(6-13-7-15-10-16-13)9-17-8-11-4-2-1-3-5-11/h1-5,7,10,12H,6,8-9,14H2,(H,15,16)/t12-/m0/s1. The molecule has 4 nitrogen and oxygen atoms in total. The molecule has 0 aliphatic heterocycles. The predicted octanol–water partition coefficient (Wildman–Crippen LogP) is 1.50. The predicted molar refractivity (Wildman–Crippen MR) is 66.4 cm³/mol. The first-order valence-electron chi connectivity index (χ1n) is 5.69. The molecule has 2 aromatic rings. The summed E-state index contributed by atoms with van der Waals surface area (Å²) >= 11 is 0. The molecule has 0 fully saturated rings. The van der Waals surface area contributed by atoms with Gasteiger partial charge in [0.05, 0.1) is 19.5 Å².